The molecule has 0 saturated carbocycles. The molecule has 0 radical (unpaired) electrons. The first-order valence-corrected chi connectivity index (χ1v) is 26.5. The summed E-state index contributed by atoms with van der Waals surface area (Å²) in [5, 5.41) is 12.4. The molecule has 0 amide bonds. The van der Waals surface area contributed by atoms with Gasteiger partial charge in [-0.2, -0.15) is 0 Å². The van der Waals surface area contributed by atoms with Crippen molar-refractivity contribution in [1.29, 1.82) is 0 Å². The lowest BCUT2D eigenvalue weighted by molar-refractivity contribution is 1.10. The third-order valence-corrected chi connectivity index (χ3v) is 16.4. The Bertz CT molecular complexity index is 5010. The average Bonchev–Trinajstić information content (AvgIpc) is 4.40. The summed E-state index contributed by atoms with van der Waals surface area (Å²) in [5.74, 6) is 0. The van der Waals surface area contributed by atoms with Gasteiger partial charge in [0.15, 0.2) is 0 Å². The maximum Gasteiger partial charge on any atom is 0.0541 e. The lowest BCUT2D eigenvalue weighted by atomic mass is 10.0. The summed E-state index contributed by atoms with van der Waals surface area (Å²) in [4.78, 5) is 0. The van der Waals surface area contributed by atoms with Gasteiger partial charge >= 0.3 is 0 Å². The van der Waals surface area contributed by atoms with E-state index in [9.17, 15) is 0 Å². The molecule has 5 heterocycles. The molecule has 5 heteroatoms. The minimum atomic E-state index is 1.09. The van der Waals surface area contributed by atoms with Crippen LogP contribution in [0.1, 0.15) is 0 Å². The minimum Gasteiger partial charge on any atom is -0.309 e. The summed E-state index contributed by atoms with van der Waals surface area (Å²) < 4.78 is 12.2. The van der Waals surface area contributed by atoms with Crippen molar-refractivity contribution >= 4 is 109 Å². The number of benzene rings is 12. The summed E-state index contributed by atoms with van der Waals surface area (Å²) in [5.41, 5.74) is 19.7. The van der Waals surface area contributed by atoms with E-state index in [0.717, 1.165) is 39.5 Å². The molecule has 17 rings (SSSR count). The van der Waals surface area contributed by atoms with Crippen LogP contribution in [-0.2, 0) is 0 Å². The van der Waals surface area contributed by atoms with Crippen LogP contribution in [0.25, 0.3) is 149 Å². The van der Waals surface area contributed by atoms with Crippen LogP contribution in [0.5, 0.6) is 0 Å². The van der Waals surface area contributed by atoms with E-state index in [2.05, 4.69) is 296 Å². The Morgan fingerprint density at radius 2 is 0.351 bits per heavy atom. The smallest absolute Gasteiger partial charge is 0.0541 e. The zero-order valence-electron chi connectivity index (χ0n) is 41.7. The van der Waals surface area contributed by atoms with Crippen molar-refractivity contribution in [3.8, 4) is 39.6 Å². The molecule has 77 heavy (non-hydrogen) atoms. The highest BCUT2D eigenvalue weighted by Crippen LogP contribution is 2.42. The van der Waals surface area contributed by atoms with Crippen molar-refractivity contribution in [2.24, 2.45) is 0 Å². The molecule has 0 aliphatic rings. The number of fused-ring (bicyclic) bond motifs is 15. The van der Waals surface area contributed by atoms with Crippen molar-refractivity contribution in [2.75, 3.05) is 0 Å². The van der Waals surface area contributed by atoms with Crippen LogP contribution in [0.4, 0.5) is 0 Å². The average molecular weight is 980 g/mol. The predicted octanol–water partition coefficient (Wildman–Crippen LogP) is 18.8. The fraction of sp³-hybridized carbons (Fsp3) is 0. The van der Waals surface area contributed by atoms with Crippen molar-refractivity contribution in [2.45, 2.75) is 0 Å². The molecule has 0 fully saturated rings. The SMILES string of the molecule is c1cc(-n2c3ccccc3c3ccccc32)cc(-n2c3ccccc3c3cc(-c4ccc5c(c4)c4ccccc4n5-c4cc(-n5c6ccccc6c6ccccc65)cc(-n5c6ccccc6c6ccccc65)c4)ccc32)c1. The molecule has 5 aromatic heterocycles. The van der Waals surface area contributed by atoms with Crippen molar-refractivity contribution < 1.29 is 0 Å². The second-order valence-corrected chi connectivity index (χ2v) is 20.5. The topological polar surface area (TPSA) is 24.6 Å². The maximum atomic E-state index is 2.48. The van der Waals surface area contributed by atoms with Gasteiger partial charge in [-0.05, 0) is 120 Å². The standard InChI is InChI=1S/C72H45N5/c1-9-28-63-53(20-1)54-21-2-10-29-64(54)73(63)48-18-17-19-49(42-48)74-69-34-15-7-26-59(69)61-40-46(36-38-71(61)74)47-37-39-72-62(41-47)60-27-8-16-35-70(60)77(72)52-44-50(75-65-30-11-3-22-55(65)56-23-4-12-31-66(56)75)43-51(45-52)76-67-32-13-5-24-57(67)58-25-6-14-33-68(58)76/h1-45H. The summed E-state index contributed by atoms with van der Waals surface area (Å²) in [6.45, 7) is 0. The highest BCUT2D eigenvalue weighted by Gasteiger charge is 2.21. The fourth-order valence-electron chi connectivity index (χ4n) is 13.2. The summed E-state index contributed by atoms with van der Waals surface area (Å²) in [6.07, 6.45) is 0. The zero-order chi connectivity index (χ0) is 50.3. The first kappa shape index (κ1) is 42.0. The van der Waals surface area contributed by atoms with E-state index in [1.165, 1.54) is 109 Å². The van der Waals surface area contributed by atoms with Crippen molar-refractivity contribution in [3.63, 3.8) is 0 Å². The van der Waals surface area contributed by atoms with Gasteiger partial charge in [0.25, 0.3) is 0 Å². The second kappa shape index (κ2) is 16.1. The van der Waals surface area contributed by atoms with Crippen LogP contribution in [-0.4, -0.2) is 22.8 Å². The Hall–Kier alpha value is -10.4. The monoisotopic (exact) mass is 979 g/mol. The quantitative estimate of drug-likeness (QED) is 0.159. The Morgan fingerprint density at radius 1 is 0.143 bits per heavy atom. The van der Waals surface area contributed by atoms with E-state index in [0.29, 0.717) is 0 Å². The van der Waals surface area contributed by atoms with E-state index >= 15 is 0 Å². The molecule has 0 saturated heterocycles. The second-order valence-electron chi connectivity index (χ2n) is 20.5. The highest BCUT2D eigenvalue weighted by atomic mass is 15.0. The molecule has 0 bridgehead atoms. The predicted molar refractivity (Wildman–Crippen MR) is 324 cm³/mol. The molecular formula is C72H45N5. The third-order valence-electron chi connectivity index (χ3n) is 16.4. The number of nitrogens with zero attached hydrogens (tertiary/aromatic N) is 5. The summed E-state index contributed by atoms with van der Waals surface area (Å²) in [6, 6.07) is 101. The van der Waals surface area contributed by atoms with Crippen LogP contribution in [0, 0.1) is 0 Å². The minimum absolute atomic E-state index is 1.09. The molecule has 0 aliphatic carbocycles. The van der Waals surface area contributed by atoms with Gasteiger partial charge in [-0.1, -0.05) is 164 Å². The molecule has 0 N–H and O–H groups in total. The zero-order valence-corrected chi connectivity index (χ0v) is 41.7. The number of rotatable bonds is 6. The first-order chi connectivity index (χ1) is 38.2. The molecule has 12 aromatic carbocycles. The number of hydrogen-bond acceptors (Lipinski definition) is 0. The van der Waals surface area contributed by atoms with Crippen LogP contribution in [0.15, 0.2) is 273 Å². The molecular weight excluding hydrogens is 935 g/mol. The van der Waals surface area contributed by atoms with E-state index in [4.69, 9.17) is 0 Å². The lowest BCUT2D eigenvalue weighted by Crippen LogP contribution is -2.03. The number of para-hydroxylation sites is 8. The Kier molecular flexibility index (Phi) is 8.77. The van der Waals surface area contributed by atoms with Gasteiger partial charge in [0, 0.05) is 65.2 Å². The molecule has 0 aliphatic heterocycles. The molecule has 358 valence electrons. The molecule has 5 nitrogen and oxygen atoms in total. The number of aromatic nitrogens is 5. The van der Waals surface area contributed by atoms with Crippen molar-refractivity contribution in [3.05, 3.63) is 273 Å². The van der Waals surface area contributed by atoms with Gasteiger partial charge in [0.2, 0.25) is 0 Å². The van der Waals surface area contributed by atoms with Gasteiger partial charge < -0.3 is 22.8 Å². The van der Waals surface area contributed by atoms with E-state index < -0.39 is 0 Å². The van der Waals surface area contributed by atoms with Crippen molar-refractivity contribution in [1.82, 2.24) is 22.8 Å². The number of hydrogen-bond donors (Lipinski definition) is 0. The van der Waals surface area contributed by atoms with Gasteiger partial charge in [0.05, 0.1) is 72.2 Å². The summed E-state index contributed by atoms with van der Waals surface area (Å²) >= 11 is 0. The van der Waals surface area contributed by atoms with Crippen LogP contribution >= 0.6 is 0 Å². The van der Waals surface area contributed by atoms with E-state index in [-0.39, 0.29) is 0 Å². The molecule has 0 atom stereocenters. The van der Waals surface area contributed by atoms with Gasteiger partial charge in [-0.15, -0.1) is 0 Å². The third kappa shape index (κ3) is 6.05. The Morgan fingerprint density at radius 3 is 0.623 bits per heavy atom. The highest BCUT2D eigenvalue weighted by molar-refractivity contribution is 6.15. The molecule has 17 aromatic rings. The normalized spacial score (nSPS) is 12.2. The lowest BCUT2D eigenvalue weighted by Gasteiger charge is -2.17. The largest absolute Gasteiger partial charge is 0.309 e. The first-order valence-electron chi connectivity index (χ1n) is 26.5. The maximum absolute atomic E-state index is 2.48. The molecule has 0 spiro atoms. The van der Waals surface area contributed by atoms with Gasteiger partial charge in [0.1, 0.15) is 0 Å². The van der Waals surface area contributed by atoms with E-state index in [1.54, 1.807) is 0 Å². The summed E-state index contributed by atoms with van der Waals surface area (Å²) in [7, 11) is 0. The van der Waals surface area contributed by atoms with Gasteiger partial charge in [-0.3, -0.25) is 0 Å². The van der Waals surface area contributed by atoms with Crippen LogP contribution in [0.3, 0.4) is 0 Å². The van der Waals surface area contributed by atoms with Crippen LogP contribution in [0.2, 0.25) is 0 Å². The fourth-order valence-corrected chi connectivity index (χ4v) is 13.2. The van der Waals surface area contributed by atoms with Gasteiger partial charge in [-0.25, -0.2) is 0 Å². The Labute approximate surface area is 442 Å². The molecule has 0 unspecified atom stereocenters. The van der Waals surface area contributed by atoms with E-state index in [1.807, 2.05) is 0 Å². The van der Waals surface area contributed by atoms with Crippen LogP contribution < -0.4 is 0 Å². The Balaban J connectivity index is 0.851.